The first-order valence-electron chi connectivity index (χ1n) is 9.10. The van der Waals surface area contributed by atoms with E-state index in [-0.39, 0.29) is 0 Å². The van der Waals surface area contributed by atoms with Gasteiger partial charge in [-0.2, -0.15) is 0 Å². The number of benzene rings is 2. The molecule has 0 radical (unpaired) electrons. The van der Waals surface area contributed by atoms with E-state index in [9.17, 15) is 0 Å². The zero-order chi connectivity index (χ0) is 18.0. The molecule has 1 atom stereocenters. The van der Waals surface area contributed by atoms with Crippen molar-refractivity contribution in [1.82, 2.24) is 0 Å². The molecule has 0 saturated heterocycles. The van der Waals surface area contributed by atoms with Crippen LogP contribution < -0.4 is 10.4 Å². The van der Waals surface area contributed by atoms with Crippen molar-refractivity contribution in [3.05, 3.63) is 60.7 Å². The van der Waals surface area contributed by atoms with Crippen LogP contribution in [0.25, 0.3) is 0 Å². The number of methoxy groups -OCH3 is 1. The smallest absolute Gasteiger partial charge is 0.388 e. The van der Waals surface area contributed by atoms with Crippen molar-refractivity contribution in [3.63, 3.8) is 0 Å². The summed E-state index contributed by atoms with van der Waals surface area (Å²) < 4.78 is 18.1. The van der Waals surface area contributed by atoms with Crippen LogP contribution >= 0.6 is 0 Å². The van der Waals surface area contributed by atoms with Gasteiger partial charge in [0, 0.05) is 26.9 Å². The Hall–Kier alpha value is -1.46. The Morgan fingerprint density at radius 1 is 0.800 bits per heavy atom. The van der Waals surface area contributed by atoms with Gasteiger partial charge in [0.2, 0.25) is 0 Å². The second-order valence-electron chi connectivity index (χ2n) is 6.31. The van der Waals surface area contributed by atoms with Gasteiger partial charge in [-0.15, -0.1) is 0 Å². The topological polar surface area (TPSA) is 27.7 Å². The molecule has 25 heavy (non-hydrogen) atoms. The molecule has 0 N–H and O–H groups in total. The van der Waals surface area contributed by atoms with Crippen LogP contribution in [0.1, 0.15) is 26.7 Å². The summed E-state index contributed by atoms with van der Waals surface area (Å²) in [5.41, 5.74) is 0. The molecule has 0 fully saturated rings. The largest absolute Gasteiger partial charge is 0.407 e. The van der Waals surface area contributed by atoms with E-state index in [1.165, 1.54) is 0 Å². The number of rotatable bonds is 11. The Morgan fingerprint density at radius 3 is 1.80 bits per heavy atom. The van der Waals surface area contributed by atoms with Crippen molar-refractivity contribution in [2.75, 3.05) is 26.9 Å². The fourth-order valence-corrected chi connectivity index (χ4v) is 6.09. The van der Waals surface area contributed by atoms with Gasteiger partial charge < -0.3 is 13.6 Å². The van der Waals surface area contributed by atoms with Crippen molar-refractivity contribution < 1.29 is 13.6 Å². The van der Waals surface area contributed by atoms with Crippen molar-refractivity contribution in [2.24, 2.45) is 5.92 Å². The summed E-state index contributed by atoms with van der Waals surface area (Å²) in [7, 11) is -0.926. The predicted octanol–water partition coefficient (Wildman–Crippen LogP) is 3.36. The normalized spacial score (nSPS) is 12.9. The first-order valence-corrected chi connectivity index (χ1v) is 10.9. The molecule has 136 valence electrons. The Labute approximate surface area is 153 Å². The molecule has 0 heterocycles. The zero-order valence-corrected chi connectivity index (χ0v) is 16.6. The molecule has 3 nitrogen and oxygen atoms in total. The van der Waals surface area contributed by atoms with E-state index in [2.05, 4.69) is 55.5 Å². The SMILES string of the molecule is CCO[Si](OCCC(C)CCOC)(c1ccccc1)c1ccccc1. The molecule has 0 aliphatic carbocycles. The van der Waals surface area contributed by atoms with Crippen LogP contribution in [0.4, 0.5) is 0 Å². The summed E-state index contributed by atoms with van der Waals surface area (Å²) in [4.78, 5) is 0. The van der Waals surface area contributed by atoms with Gasteiger partial charge in [0.25, 0.3) is 0 Å². The summed E-state index contributed by atoms with van der Waals surface area (Å²) in [6.45, 7) is 6.41. The number of hydrogen-bond donors (Lipinski definition) is 0. The Bertz CT molecular complexity index is 549. The summed E-state index contributed by atoms with van der Waals surface area (Å²) in [6, 6.07) is 20.8. The van der Waals surface area contributed by atoms with Crippen molar-refractivity contribution >= 4 is 18.9 Å². The summed E-state index contributed by atoms with van der Waals surface area (Å²) in [5, 5.41) is 2.32. The van der Waals surface area contributed by atoms with Crippen LogP contribution in [0, 0.1) is 5.92 Å². The fourth-order valence-electron chi connectivity index (χ4n) is 2.93. The van der Waals surface area contributed by atoms with Crippen LogP contribution in [-0.2, 0) is 13.6 Å². The predicted molar refractivity (Wildman–Crippen MR) is 106 cm³/mol. The molecule has 0 amide bonds. The maximum atomic E-state index is 6.57. The summed E-state index contributed by atoms with van der Waals surface area (Å²) in [6.07, 6.45) is 2.06. The van der Waals surface area contributed by atoms with E-state index in [1.807, 2.05) is 19.1 Å². The minimum Gasteiger partial charge on any atom is -0.388 e. The average molecular weight is 359 g/mol. The van der Waals surface area contributed by atoms with E-state index >= 15 is 0 Å². The van der Waals surface area contributed by atoms with Gasteiger partial charge in [0.05, 0.1) is 0 Å². The van der Waals surface area contributed by atoms with Gasteiger partial charge in [-0.25, -0.2) is 0 Å². The third kappa shape index (κ3) is 5.51. The van der Waals surface area contributed by atoms with Crippen LogP contribution in [0.3, 0.4) is 0 Å². The van der Waals surface area contributed by atoms with Gasteiger partial charge >= 0.3 is 8.56 Å². The van der Waals surface area contributed by atoms with Gasteiger partial charge in [0.1, 0.15) is 0 Å². The van der Waals surface area contributed by atoms with Crippen molar-refractivity contribution in [3.8, 4) is 0 Å². The van der Waals surface area contributed by atoms with Crippen LogP contribution in [0.15, 0.2) is 60.7 Å². The molecule has 2 rings (SSSR count). The molecule has 4 heteroatoms. The lowest BCUT2D eigenvalue weighted by atomic mass is 10.1. The average Bonchev–Trinajstić information content (AvgIpc) is 2.67. The first kappa shape index (κ1) is 19.9. The van der Waals surface area contributed by atoms with E-state index in [0.29, 0.717) is 19.1 Å². The quantitative estimate of drug-likeness (QED) is 0.577. The third-order valence-electron chi connectivity index (χ3n) is 4.39. The standard InChI is InChI=1S/C21H30O3Si/c1-4-23-25(20-11-7-5-8-12-20,21-13-9-6-10-14-21)24-18-16-19(2)15-17-22-3/h5-14,19H,4,15-18H2,1-3H3. The van der Waals surface area contributed by atoms with E-state index in [4.69, 9.17) is 13.6 Å². The van der Waals surface area contributed by atoms with E-state index < -0.39 is 8.56 Å². The highest BCUT2D eigenvalue weighted by Gasteiger charge is 2.42. The van der Waals surface area contributed by atoms with Crippen LogP contribution in [0.5, 0.6) is 0 Å². The lowest BCUT2D eigenvalue weighted by molar-refractivity contribution is 0.160. The van der Waals surface area contributed by atoms with Crippen LogP contribution in [-0.4, -0.2) is 35.5 Å². The van der Waals surface area contributed by atoms with Gasteiger partial charge in [-0.05, 0) is 36.1 Å². The zero-order valence-electron chi connectivity index (χ0n) is 15.6. The minimum atomic E-state index is -2.68. The lowest BCUT2D eigenvalue weighted by Crippen LogP contribution is -2.63. The first-order chi connectivity index (χ1) is 12.2. The van der Waals surface area contributed by atoms with Gasteiger partial charge in [-0.1, -0.05) is 67.6 Å². The molecule has 1 unspecified atom stereocenters. The van der Waals surface area contributed by atoms with Crippen molar-refractivity contribution in [2.45, 2.75) is 26.7 Å². The molecule has 0 aliphatic heterocycles. The fraction of sp³-hybridized carbons (Fsp3) is 0.429. The highest BCUT2D eigenvalue weighted by atomic mass is 28.4. The molecular weight excluding hydrogens is 328 g/mol. The summed E-state index contributed by atoms with van der Waals surface area (Å²) >= 11 is 0. The Kier molecular flexibility index (Phi) is 8.35. The number of ether oxygens (including phenoxy) is 1. The second kappa shape index (κ2) is 10.5. The molecule has 0 aliphatic rings. The number of hydrogen-bond acceptors (Lipinski definition) is 3. The van der Waals surface area contributed by atoms with Gasteiger partial charge in [0.15, 0.2) is 0 Å². The third-order valence-corrected chi connectivity index (χ3v) is 7.88. The molecule has 2 aromatic rings. The highest BCUT2D eigenvalue weighted by molar-refractivity contribution is 6.92. The van der Waals surface area contributed by atoms with Crippen molar-refractivity contribution in [1.29, 1.82) is 0 Å². The van der Waals surface area contributed by atoms with E-state index in [0.717, 1.165) is 29.8 Å². The molecule has 0 bridgehead atoms. The maximum Gasteiger partial charge on any atom is 0.407 e. The Balaban J connectivity index is 2.22. The molecule has 0 saturated carbocycles. The monoisotopic (exact) mass is 358 g/mol. The second-order valence-corrected chi connectivity index (χ2v) is 9.27. The molecule has 2 aromatic carbocycles. The van der Waals surface area contributed by atoms with Gasteiger partial charge in [-0.3, -0.25) is 0 Å². The minimum absolute atomic E-state index is 0.569. The highest BCUT2D eigenvalue weighted by Crippen LogP contribution is 2.14. The summed E-state index contributed by atoms with van der Waals surface area (Å²) in [5.74, 6) is 0.569. The molecular formula is C21H30O3Si. The lowest BCUT2D eigenvalue weighted by Gasteiger charge is -2.31. The molecule has 0 aromatic heterocycles. The van der Waals surface area contributed by atoms with Crippen LogP contribution in [0.2, 0.25) is 0 Å². The van der Waals surface area contributed by atoms with E-state index in [1.54, 1.807) is 7.11 Å². The molecule has 0 spiro atoms. The Morgan fingerprint density at radius 2 is 1.32 bits per heavy atom. The maximum absolute atomic E-state index is 6.57.